The highest BCUT2D eigenvalue weighted by Crippen LogP contribution is 2.44. The van der Waals surface area contributed by atoms with Crippen LogP contribution in [0.2, 0.25) is 5.02 Å². The van der Waals surface area contributed by atoms with Gasteiger partial charge in [0.15, 0.2) is 5.11 Å². The Bertz CT molecular complexity index is 1380. The Morgan fingerprint density at radius 2 is 1.74 bits per heavy atom. The number of thiocarbonyl (C=S) groups is 1. The highest BCUT2D eigenvalue weighted by molar-refractivity contribution is 7.80. The predicted molar refractivity (Wildman–Crippen MR) is 139 cm³/mol. The Hall–Kier alpha value is -3.22. The second-order valence-corrected chi connectivity index (χ2v) is 9.36. The molecule has 1 fully saturated rings. The van der Waals surface area contributed by atoms with E-state index in [0.717, 1.165) is 33.9 Å². The summed E-state index contributed by atoms with van der Waals surface area (Å²) in [6, 6.07) is 20.0. The van der Waals surface area contributed by atoms with Gasteiger partial charge in [0.05, 0.1) is 23.5 Å². The molecule has 0 aliphatic carbocycles. The summed E-state index contributed by atoms with van der Waals surface area (Å²) in [5.41, 5.74) is 6.57. The lowest BCUT2D eigenvalue weighted by Gasteiger charge is -2.28. The van der Waals surface area contributed by atoms with Crippen molar-refractivity contribution in [3.63, 3.8) is 0 Å². The van der Waals surface area contributed by atoms with Crippen LogP contribution in [0.5, 0.6) is 0 Å². The lowest BCUT2D eigenvalue weighted by atomic mass is 9.96. The molecule has 34 heavy (non-hydrogen) atoms. The molecule has 0 amide bonds. The van der Waals surface area contributed by atoms with Crippen molar-refractivity contribution in [2.45, 2.75) is 32.9 Å². The third-order valence-corrected chi connectivity index (χ3v) is 6.96. The third-order valence-electron chi connectivity index (χ3n) is 6.41. The van der Waals surface area contributed by atoms with E-state index in [4.69, 9.17) is 23.8 Å². The quantitative estimate of drug-likeness (QED) is 0.320. The Balaban J connectivity index is 1.72. The van der Waals surface area contributed by atoms with Gasteiger partial charge in [-0.25, -0.2) is 4.39 Å². The molecule has 7 heteroatoms. The van der Waals surface area contributed by atoms with E-state index in [2.05, 4.69) is 41.7 Å². The number of aromatic nitrogens is 2. The zero-order chi connectivity index (χ0) is 24.0. The molecular weight excluding hydrogens is 467 g/mol. The van der Waals surface area contributed by atoms with E-state index in [-0.39, 0.29) is 17.9 Å². The monoisotopic (exact) mass is 490 g/mol. The fourth-order valence-electron chi connectivity index (χ4n) is 4.86. The molecule has 2 atom stereocenters. The van der Waals surface area contributed by atoms with E-state index in [0.29, 0.717) is 15.8 Å². The van der Waals surface area contributed by atoms with Crippen LogP contribution in [0.1, 0.15) is 40.3 Å². The Labute approximate surface area is 209 Å². The number of para-hydroxylation sites is 1. The summed E-state index contributed by atoms with van der Waals surface area (Å²) < 4.78 is 17.2. The number of nitrogens with zero attached hydrogens (tertiary/aromatic N) is 3. The van der Waals surface area contributed by atoms with E-state index in [9.17, 15) is 0 Å². The van der Waals surface area contributed by atoms with Crippen molar-refractivity contribution in [2.24, 2.45) is 0 Å². The minimum Gasteiger partial charge on any atom is -0.351 e. The maximum absolute atomic E-state index is 15.0. The number of pyridine rings is 1. The molecule has 0 unspecified atom stereocenters. The molecule has 4 aromatic rings. The van der Waals surface area contributed by atoms with E-state index < -0.39 is 0 Å². The van der Waals surface area contributed by atoms with Crippen LogP contribution >= 0.6 is 23.8 Å². The standard InChI is InChI=1S/C27H24ClFN4S/c1-16-11-12-19(28)15-24(16)32-17(2)14-20(18(32)3)26-25(22-9-6-7-13-30-22)31-27(34)33(26)23-10-5-4-8-21(23)29/h4-15,25-26H,1-3H3,(H,31,34)/t25-,26-/m0/s1. The van der Waals surface area contributed by atoms with E-state index in [1.807, 2.05) is 47.4 Å². The van der Waals surface area contributed by atoms with Gasteiger partial charge >= 0.3 is 0 Å². The van der Waals surface area contributed by atoms with Crippen LogP contribution in [-0.4, -0.2) is 14.7 Å². The van der Waals surface area contributed by atoms with Gasteiger partial charge in [-0.15, -0.1) is 0 Å². The van der Waals surface area contributed by atoms with Crippen molar-refractivity contribution >= 4 is 34.6 Å². The Morgan fingerprint density at radius 3 is 2.47 bits per heavy atom. The second-order valence-electron chi connectivity index (χ2n) is 8.54. The van der Waals surface area contributed by atoms with Crippen LogP contribution in [0.15, 0.2) is 72.9 Å². The predicted octanol–water partition coefficient (Wildman–Crippen LogP) is 6.77. The molecule has 1 saturated heterocycles. The number of aryl methyl sites for hydroxylation is 2. The lowest BCUT2D eigenvalue weighted by molar-refractivity contribution is 0.556. The summed E-state index contributed by atoms with van der Waals surface area (Å²) >= 11 is 12.1. The number of hydrogen-bond donors (Lipinski definition) is 1. The van der Waals surface area contributed by atoms with Gasteiger partial charge in [-0.1, -0.05) is 35.9 Å². The van der Waals surface area contributed by atoms with Gasteiger partial charge in [-0.2, -0.15) is 0 Å². The van der Waals surface area contributed by atoms with Crippen molar-refractivity contribution in [1.29, 1.82) is 0 Å². The Morgan fingerprint density at radius 1 is 0.971 bits per heavy atom. The number of anilines is 1. The molecule has 0 saturated carbocycles. The van der Waals surface area contributed by atoms with Gasteiger partial charge in [-0.05, 0) is 86.6 Å². The van der Waals surface area contributed by atoms with Crippen LogP contribution in [0, 0.1) is 26.6 Å². The van der Waals surface area contributed by atoms with Gasteiger partial charge in [0.25, 0.3) is 0 Å². The topological polar surface area (TPSA) is 33.1 Å². The summed E-state index contributed by atoms with van der Waals surface area (Å²) in [6.45, 7) is 6.22. The van der Waals surface area contributed by atoms with Crippen molar-refractivity contribution in [3.05, 3.63) is 112 Å². The molecule has 2 aromatic heterocycles. The van der Waals surface area contributed by atoms with E-state index in [1.54, 1.807) is 18.3 Å². The van der Waals surface area contributed by atoms with Crippen LogP contribution < -0.4 is 10.2 Å². The molecule has 2 aromatic carbocycles. The average molecular weight is 491 g/mol. The van der Waals surface area contributed by atoms with Crippen molar-refractivity contribution in [1.82, 2.24) is 14.9 Å². The molecule has 0 spiro atoms. The number of benzene rings is 2. The smallest absolute Gasteiger partial charge is 0.174 e. The third kappa shape index (κ3) is 3.77. The first kappa shape index (κ1) is 22.6. The lowest BCUT2D eigenvalue weighted by Crippen LogP contribution is -2.30. The number of rotatable bonds is 4. The average Bonchev–Trinajstić information content (AvgIpc) is 3.31. The molecule has 3 heterocycles. The molecule has 1 aliphatic rings. The molecule has 4 nitrogen and oxygen atoms in total. The van der Waals surface area contributed by atoms with Gasteiger partial charge in [0, 0.05) is 28.3 Å². The zero-order valence-electron chi connectivity index (χ0n) is 19.1. The van der Waals surface area contributed by atoms with Crippen molar-refractivity contribution in [2.75, 3.05) is 4.90 Å². The molecule has 0 radical (unpaired) electrons. The summed E-state index contributed by atoms with van der Waals surface area (Å²) in [6.07, 6.45) is 1.77. The Kier molecular flexibility index (Phi) is 5.88. The number of nitrogens with one attached hydrogen (secondary N) is 1. The fraction of sp³-hybridized carbons (Fsp3) is 0.185. The summed E-state index contributed by atoms with van der Waals surface area (Å²) in [7, 11) is 0. The SMILES string of the molecule is Cc1ccc(Cl)cc1-n1c(C)cc([C@H]2[C@H](c3ccccn3)NC(=S)N2c2ccccc2F)c1C. The van der Waals surface area contributed by atoms with Gasteiger partial charge in [0.1, 0.15) is 5.82 Å². The molecule has 172 valence electrons. The minimum atomic E-state index is -0.321. The number of halogens is 2. The summed E-state index contributed by atoms with van der Waals surface area (Å²) in [4.78, 5) is 6.47. The highest BCUT2D eigenvalue weighted by atomic mass is 35.5. The van der Waals surface area contributed by atoms with E-state index in [1.165, 1.54) is 6.07 Å². The normalized spacial score (nSPS) is 17.8. The van der Waals surface area contributed by atoms with Crippen LogP contribution in [0.25, 0.3) is 5.69 Å². The van der Waals surface area contributed by atoms with Crippen molar-refractivity contribution in [3.8, 4) is 5.69 Å². The molecular formula is C27H24ClFN4S. The summed E-state index contributed by atoms with van der Waals surface area (Å²) in [5, 5.41) is 4.55. The van der Waals surface area contributed by atoms with Crippen LogP contribution in [0.4, 0.5) is 10.1 Å². The van der Waals surface area contributed by atoms with Crippen LogP contribution in [0.3, 0.4) is 0 Å². The second kappa shape index (κ2) is 8.85. The fourth-order valence-corrected chi connectivity index (χ4v) is 5.36. The van der Waals surface area contributed by atoms with Crippen molar-refractivity contribution < 1.29 is 4.39 Å². The van der Waals surface area contributed by atoms with Gasteiger partial charge in [-0.3, -0.25) is 4.98 Å². The highest BCUT2D eigenvalue weighted by Gasteiger charge is 2.43. The zero-order valence-corrected chi connectivity index (χ0v) is 20.7. The van der Waals surface area contributed by atoms with Gasteiger partial charge in [0.2, 0.25) is 0 Å². The largest absolute Gasteiger partial charge is 0.351 e. The molecule has 0 bridgehead atoms. The number of hydrogen-bond acceptors (Lipinski definition) is 2. The van der Waals surface area contributed by atoms with E-state index >= 15 is 4.39 Å². The maximum atomic E-state index is 15.0. The maximum Gasteiger partial charge on any atom is 0.174 e. The first-order valence-corrected chi connectivity index (χ1v) is 11.9. The molecule has 5 rings (SSSR count). The minimum absolute atomic E-state index is 0.247. The first-order chi connectivity index (χ1) is 16.4. The van der Waals surface area contributed by atoms with Gasteiger partial charge < -0.3 is 14.8 Å². The summed E-state index contributed by atoms with van der Waals surface area (Å²) in [5.74, 6) is -0.321. The molecule has 1 aliphatic heterocycles. The first-order valence-electron chi connectivity index (χ1n) is 11.1. The molecule has 1 N–H and O–H groups in total. The van der Waals surface area contributed by atoms with Crippen LogP contribution in [-0.2, 0) is 0 Å².